The van der Waals surface area contributed by atoms with Crippen molar-refractivity contribution in [2.45, 2.75) is 17.7 Å². The van der Waals surface area contributed by atoms with E-state index in [0.29, 0.717) is 0 Å². The summed E-state index contributed by atoms with van der Waals surface area (Å²) in [4.78, 5) is 11.2. The minimum absolute atomic E-state index is 0.0189. The average molecular weight is 300 g/mol. The van der Waals surface area contributed by atoms with Crippen LogP contribution in [0.2, 0.25) is 0 Å². The fourth-order valence-electron chi connectivity index (χ4n) is 1.97. The Labute approximate surface area is 117 Å². The Balaban J connectivity index is 2.53. The van der Waals surface area contributed by atoms with Crippen LogP contribution in [0.3, 0.4) is 0 Å². The molecule has 0 amide bonds. The highest BCUT2D eigenvalue weighted by molar-refractivity contribution is 7.91. The van der Waals surface area contributed by atoms with Crippen molar-refractivity contribution < 1.29 is 27.8 Å². The van der Waals surface area contributed by atoms with E-state index < -0.39 is 15.8 Å². The first-order valence-corrected chi connectivity index (χ1v) is 7.76. The average Bonchev–Trinajstić information content (AvgIpc) is 3.19. The molecule has 110 valence electrons. The fraction of sp³-hybridized carbons (Fsp3) is 0.462. The molecule has 6 nitrogen and oxygen atoms in total. The van der Waals surface area contributed by atoms with Crippen LogP contribution in [-0.2, 0) is 9.84 Å². The molecule has 1 aromatic carbocycles. The zero-order valence-corrected chi connectivity index (χ0v) is 12.1. The minimum atomic E-state index is -3.51. The molecule has 0 radical (unpaired) electrons. The van der Waals surface area contributed by atoms with Crippen LogP contribution in [0.4, 0.5) is 0 Å². The molecule has 0 unspecified atom stereocenters. The number of ether oxygens (including phenoxy) is 2. The second-order valence-corrected chi connectivity index (χ2v) is 6.77. The Bertz CT molecular complexity index is 631. The predicted molar refractivity (Wildman–Crippen MR) is 71.3 cm³/mol. The molecule has 1 N–H and O–H groups in total. The summed E-state index contributed by atoms with van der Waals surface area (Å²) in [6, 6.07) is 2.43. The summed E-state index contributed by atoms with van der Waals surface area (Å²) in [5.74, 6) is -0.918. The van der Waals surface area contributed by atoms with E-state index in [4.69, 9.17) is 9.47 Å². The zero-order chi connectivity index (χ0) is 14.9. The summed E-state index contributed by atoms with van der Waals surface area (Å²) >= 11 is 0. The SMILES string of the molecule is COc1cc(S(=O)(=O)CC2CC2)cc(C(=O)O)c1OC. The second kappa shape index (κ2) is 5.32. The van der Waals surface area contributed by atoms with Gasteiger partial charge in [0.05, 0.1) is 24.9 Å². The van der Waals surface area contributed by atoms with Crippen molar-refractivity contribution in [3.8, 4) is 11.5 Å². The van der Waals surface area contributed by atoms with Crippen LogP contribution in [-0.4, -0.2) is 39.5 Å². The lowest BCUT2D eigenvalue weighted by atomic mass is 10.2. The van der Waals surface area contributed by atoms with Gasteiger partial charge in [-0.1, -0.05) is 0 Å². The molecule has 0 aromatic heterocycles. The van der Waals surface area contributed by atoms with Crippen LogP contribution < -0.4 is 9.47 Å². The van der Waals surface area contributed by atoms with Crippen molar-refractivity contribution in [3.05, 3.63) is 17.7 Å². The molecule has 1 aromatic rings. The summed E-state index contributed by atoms with van der Waals surface area (Å²) in [5.41, 5.74) is -0.221. The Hall–Kier alpha value is -1.76. The lowest BCUT2D eigenvalue weighted by molar-refractivity contribution is 0.0692. The van der Waals surface area contributed by atoms with E-state index in [-0.39, 0.29) is 33.6 Å². The number of carboxylic acids is 1. The fourth-order valence-corrected chi connectivity index (χ4v) is 3.70. The van der Waals surface area contributed by atoms with Gasteiger partial charge in [0.25, 0.3) is 0 Å². The highest BCUT2D eigenvalue weighted by Gasteiger charge is 2.31. The Morgan fingerprint density at radius 2 is 1.95 bits per heavy atom. The van der Waals surface area contributed by atoms with Gasteiger partial charge in [0.1, 0.15) is 5.56 Å². The number of sulfone groups is 1. The van der Waals surface area contributed by atoms with Crippen LogP contribution in [0.25, 0.3) is 0 Å². The molecule has 1 aliphatic rings. The molecule has 1 aliphatic carbocycles. The second-order valence-electron chi connectivity index (χ2n) is 4.74. The van der Waals surface area contributed by atoms with Crippen LogP contribution >= 0.6 is 0 Å². The number of methoxy groups -OCH3 is 2. The van der Waals surface area contributed by atoms with E-state index in [1.807, 2.05) is 0 Å². The molecule has 0 atom stereocenters. The molecule has 0 heterocycles. The Kier molecular flexibility index (Phi) is 3.89. The molecular formula is C13H16O6S. The molecule has 20 heavy (non-hydrogen) atoms. The number of carbonyl (C=O) groups is 1. The number of hydrogen-bond donors (Lipinski definition) is 1. The van der Waals surface area contributed by atoms with Gasteiger partial charge in [0.15, 0.2) is 21.3 Å². The van der Waals surface area contributed by atoms with Gasteiger partial charge >= 0.3 is 5.97 Å². The smallest absolute Gasteiger partial charge is 0.339 e. The number of carboxylic acid groups (broad SMARTS) is 1. The van der Waals surface area contributed by atoms with Gasteiger partial charge in [-0.05, 0) is 24.8 Å². The molecule has 0 spiro atoms. The lowest BCUT2D eigenvalue weighted by Crippen LogP contribution is -2.11. The maximum atomic E-state index is 12.2. The quantitative estimate of drug-likeness (QED) is 0.858. The largest absolute Gasteiger partial charge is 0.493 e. The lowest BCUT2D eigenvalue weighted by Gasteiger charge is -2.13. The topological polar surface area (TPSA) is 89.9 Å². The summed E-state index contributed by atoms with van der Waals surface area (Å²) in [5, 5.41) is 9.17. The Morgan fingerprint density at radius 1 is 1.30 bits per heavy atom. The third-order valence-electron chi connectivity index (χ3n) is 3.19. The van der Waals surface area contributed by atoms with Gasteiger partial charge in [-0.3, -0.25) is 0 Å². The van der Waals surface area contributed by atoms with E-state index >= 15 is 0 Å². The standard InChI is InChI=1S/C13H16O6S/c1-18-11-6-9(20(16,17)7-8-3-4-8)5-10(13(14)15)12(11)19-2/h5-6,8H,3-4,7H2,1-2H3,(H,14,15). The monoisotopic (exact) mass is 300 g/mol. The first-order valence-electron chi connectivity index (χ1n) is 6.11. The minimum Gasteiger partial charge on any atom is -0.493 e. The van der Waals surface area contributed by atoms with Gasteiger partial charge in [0.2, 0.25) is 0 Å². The van der Waals surface area contributed by atoms with Crippen molar-refractivity contribution in [2.24, 2.45) is 5.92 Å². The summed E-state index contributed by atoms with van der Waals surface area (Å²) in [6.45, 7) is 0. The number of rotatable bonds is 6. The van der Waals surface area contributed by atoms with Crippen molar-refractivity contribution in [2.75, 3.05) is 20.0 Å². The first-order chi connectivity index (χ1) is 9.39. The maximum Gasteiger partial charge on any atom is 0.339 e. The summed E-state index contributed by atoms with van der Waals surface area (Å²) in [6.07, 6.45) is 1.80. The number of hydrogen-bond acceptors (Lipinski definition) is 5. The molecule has 0 saturated heterocycles. The summed E-state index contributed by atoms with van der Waals surface area (Å²) in [7, 11) is -0.867. The number of aromatic carboxylic acids is 1. The van der Waals surface area contributed by atoms with Crippen LogP contribution in [0.5, 0.6) is 11.5 Å². The molecule has 0 bridgehead atoms. The van der Waals surface area contributed by atoms with Gasteiger partial charge in [-0.2, -0.15) is 0 Å². The molecule has 7 heteroatoms. The van der Waals surface area contributed by atoms with Crippen molar-refractivity contribution in [3.63, 3.8) is 0 Å². The molecule has 1 saturated carbocycles. The third-order valence-corrected chi connectivity index (χ3v) is 5.06. The highest BCUT2D eigenvalue weighted by atomic mass is 32.2. The van der Waals surface area contributed by atoms with E-state index in [2.05, 4.69) is 0 Å². The van der Waals surface area contributed by atoms with Crippen LogP contribution in [0.1, 0.15) is 23.2 Å². The van der Waals surface area contributed by atoms with E-state index in [1.165, 1.54) is 20.3 Å². The summed E-state index contributed by atoms with van der Waals surface area (Å²) < 4.78 is 34.5. The molecule has 2 rings (SSSR count). The molecule has 1 fully saturated rings. The van der Waals surface area contributed by atoms with Crippen molar-refractivity contribution in [1.29, 1.82) is 0 Å². The maximum absolute atomic E-state index is 12.2. The normalized spacial score (nSPS) is 14.9. The van der Waals surface area contributed by atoms with E-state index in [1.54, 1.807) is 0 Å². The molecule has 0 aliphatic heterocycles. The van der Waals surface area contributed by atoms with Crippen molar-refractivity contribution >= 4 is 15.8 Å². The van der Waals surface area contributed by atoms with Gasteiger partial charge in [-0.15, -0.1) is 0 Å². The highest BCUT2D eigenvalue weighted by Crippen LogP contribution is 2.37. The molecular weight excluding hydrogens is 284 g/mol. The van der Waals surface area contributed by atoms with E-state index in [0.717, 1.165) is 18.9 Å². The van der Waals surface area contributed by atoms with Gasteiger partial charge in [-0.25, -0.2) is 13.2 Å². The van der Waals surface area contributed by atoms with Gasteiger partial charge < -0.3 is 14.6 Å². The Morgan fingerprint density at radius 3 is 2.40 bits per heavy atom. The first kappa shape index (κ1) is 14.6. The van der Waals surface area contributed by atoms with Crippen LogP contribution in [0.15, 0.2) is 17.0 Å². The third kappa shape index (κ3) is 2.87. The number of benzene rings is 1. The van der Waals surface area contributed by atoms with Crippen LogP contribution in [0, 0.1) is 5.92 Å². The predicted octanol–water partition coefficient (Wildman–Crippen LogP) is 1.59. The zero-order valence-electron chi connectivity index (χ0n) is 11.3. The van der Waals surface area contributed by atoms with Crippen molar-refractivity contribution in [1.82, 2.24) is 0 Å². The van der Waals surface area contributed by atoms with Gasteiger partial charge in [0, 0.05) is 6.07 Å². The van der Waals surface area contributed by atoms with E-state index in [9.17, 15) is 18.3 Å².